The summed E-state index contributed by atoms with van der Waals surface area (Å²) < 4.78 is 5.32. The largest absolute Gasteiger partial charge is 0.366 e. The molecule has 3 heteroatoms. The van der Waals surface area contributed by atoms with E-state index < -0.39 is 0 Å². The Labute approximate surface area is 84.4 Å². The molecule has 0 unspecified atom stereocenters. The summed E-state index contributed by atoms with van der Waals surface area (Å²) in [4.78, 5) is 13.3. The molecule has 2 fully saturated rings. The molecule has 0 aromatic carbocycles. The fraction of sp³-hybridized carbons (Fsp3) is 0.727. The van der Waals surface area contributed by atoms with Crippen molar-refractivity contribution >= 4 is 5.91 Å². The number of carbonyl (C=O) groups is 1. The highest BCUT2D eigenvalue weighted by atomic mass is 16.5. The summed E-state index contributed by atoms with van der Waals surface area (Å²) >= 11 is 0. The van der Waals surface area contributed by atoms with Crippen LogP contribution in [0.1, 0.15) is 25.7 Å². The maximum atomic E-state index is 11.5. The molecule has 0 aromatic heterocycles. The molecule has 2 heterocycles. The second kappa shape index (κ2) is 4.47. The lowest BCUT2D eigenvalue weighted by Gasteiger charge is -2.09. The molecule has 0 aromatic rings. The van der Waals surface area contributed by atoms with Gasteiger partial charge in [-0.2, -0.15) is 0 Å². The number of ether oxygens (including phenoxy) is 1. The Hall–Kier alpha value is -1.01. The number of nitrogens with zero attached hydrogens (tertiary/aromatic N) is 1. The van der Waals surface area contributed by atoms with Crippen LogP contribution in [0.5, 0.6) is 0 Å². The van der Waals surface area contributed by atoms with Gasteiger partial charge in [-0.15, -0.1) is 0 Å². The summed E-state index contributed by atoms with van der Waals surface area (Å²) in [6, 6.07) is 0. The van der Waals surface area contributed by atoms with E-state index in [1.54, 1.807) is 0 Å². The molecule has 1 atom stereocenters. The van der Waals surface area contributed by atoms with Gasteiger partial charge >= 0.3 is 0 Å². The van der Waals surface area contributed by atoms with E-state index in [0.29, 0.717) is 0 Å². The zero-order valence-electron chi connectivity index (χ0n) is 8.29. The van der Waals surface area contributed by atoms with Crippen molar-refractivity contribution in [3.8, 4) is 11.8 Å². The maximum absolute atomic E-state index is 11.5. The van der Waals surface area contributed by atoms with Crippen LogP contribution in [0.2, 0.25) is 0 Å². The number of amides is 1. The average Bonchev–Trinajstić information content (AvgIpc) is 2.87. The first-order valence-electron chi connectivity index (χ1n) is 5.28. The average molecular weight is 193 g/mol. The molecule has 3 nitrogen and oxygen atoms in total. The summed E-state index contributed by atoms with van der Waals surface area (Å²) in [5, 5.41) is 0. The van der Waals surface area contributed by atoms with Crippen LogP contribution >= 0.6 is 0 Å². The molecule has 0 bridgehead atoms. The Kier molecular flexibility index (Phi) is 3.05. The zero-order chi connectivity index (χ0) is 9.80. The summed E-state index contributed by atoms with van der Waals surface area (Å²) in [6.07, 6.45) is 4.28. The number of hydrogen-bond acceptors (Lipinski definition) is 2. The first kappa shape index (κ1) is 9.54. The summed E-state index contributed by atoms with van der Waals surface area (Å²) in [7, 11) is 0. The standard InChI is InChI=1S/C11H15NO2/c13-11(12-7-1-2-8-12)6-5-10-4-3-9-14-10/h10H,1-4,7-9H2/t10-/m1/s1. The van der Waals surface area contributed by atoms with Gasteiger partial charge in [0.15, 0.2) is 0 Å². The molecule has 14 heavy (non-hydrogen) atoms. The number of carbonyl (C=O) groups excluding carboxylic acids is 1. The van der Waals surface area contributed by atoms with Gasteiger partial charge in [-0.1, -0.05) is 5.92 Å². The van der Waals surface area contributed by atoms with Gasteiger partial charge in [-0.05, 0) is 31.6 Å². The Morgan fingerprint density at radius 3 is 2.71 bits per heavy atom. The molecule has 1 amide bonds. The van der Waals surface area contributed by atoms with Crippen LogP contribution in [0, 0.1) is 11.8 Å². The minimum atomic E-state index is -0.0296. The molecule has 2 aliphatic heterocycles. The molecular weight excluding hydrogens is 178 g/mol. The fourth-order valence-corrected chi connectivity index (χ4v) is 1.83. The SMILES string of the molecule is O=C(C#C[C@H]1CCCO1)N1CCCC1. The van der Waals surface area contributed by atoms with Gasteiger partial charge in [0.2, 0.25) is 0 Å². The van der Waals surface area contributed by atoms with Crippen LogP contribution in [-0.4, -0.2) is 36.6 Å². The Bertz CT molecular complexity index is 265. The van der Waals surface area contributed by atoms with Crippen molar-refractivity contribution in [1.82, 2.24) is 4.90 Å². The lowest BCUT2D eigenvalue weighted by molar-refractivity contribution is -0.124. The van der Waals surface area contributed by atoms with E-state index >= 15 is 0 Å². The van der Waals surface area contributed by atoms with Crippen LogP contribution in [0.15, 0.2) is 0 Å². The number of likely N-dealkylation sites (tertiary alicyclic amines) is 1. The predicted molar refractivity (Wildman–Crippen MR) is 52.6 cm³/mol. The normalized spacial score (nSPS) is 26.0. The zero-order valence-corrected chi connectivity index (χ0v) is 8.29. The molecule has 0 saturated carbocycles. The second-order valence-corrected chi connectivity index (χ2v) is 3.77. The molecule has 2 aliphatic rings. The lowest BCUT2D eigenvalue weighted by atomic mass is 10.2. The first-order chi connectivity index (χ1) is 6.86. The van der Waals surface area contributed by atoms with Gasteiger partial charge < -0.3 is 9.64 Å². The molecule has 0 N–H and O–H groups in total. The smallest absolute Gasteiger partial charge is 0.298 e. The Morgan fingerprint density at radius 2 is 2.07 bits per heavy atom. The van der Waals surface area contributed by atoms with E-state index in [4.69, 9.17) is 4.74 Å². The van der Waals surface area contributed by atoms with Crippen LogP contribution < -0.4 is 0 Å². The molecule has 2 rings (SSSR count). The first-order valence-corrected chi connectivity index (χ1v) is 5.28. The van der Waals surface area contributed by atoms with Gasteiger partial charge in [-0.25, -0.2) is 0 Å². The van der Waals surface area contributed by atoms with Crippen molar-refractivity contribution in [3.63, 3.8) is 0 Å². The summed E-state index contributed by atoms with van der Waals surface area (Å²) in [6.45, 7) is 2.54. The van der Waals surface area contributed by atoms with Crippen LogP contribution in [0.4, 0.5) is 0 Å². The maximum Gasteiger partial charge on any atom is 0.298 e. The van der Waals surface area contributed by atoms with E-state index in [2.05, 4.69) is 11.8 Å². The van der Waals surface area contributed by atoms with Crippen molar-refractivity contribution in [2.75, 3.05) is 19.7 Å². The number of hydrogen-bond donors (Lipinski definition) is 0. The van der Waals surface area contributed by atoms with E-state index in [0.717, 1.165) is 45.4 Å². The van der Waals surface area contributed by atoms with Gasteiger partial charge in [0, 0.05) is 19.7 Å². The predicted octanol–water partition coefficient (Wildman–Crippen LogP) is 0.791. The minimum Gasteiger partial charge on any atom is -0.366 e. The van der Waals surface area contributed by atoms with Crippen LogP contribution in [0.3, 0.4) is 0 Å². The lowest BCUT2D eigenvalue weighted by Crippen LogP contribution is -2.26. The fourth-order valence-electron chi connectivity index (χ4n) is 1.83. The van der Waals surface area contributed by atoms with E-state index in [1.165, 1.54) is 0 Å². The van der Waals surface area contributed by atoms with Crippen molar-refractivity contribution < 1.29 is 9.53 Å². The highest BCUT2D eigenvalue weighted by Gasteiger charge is 2.17. The second-order valence-electron chi connectivity index (χ2n) is 3.77. The Balaban J connectivity index is 1.85. The molecule has 0 radical (unpaired) electrons. The van der Waals surface area contributed by atoms with Gasteiger partial charge in [-0.3, -0.25) is 4.79 Å². The third kappa shape index (κ3) is 2.27. The van der Waals surface area contributed by atoms with Crippen LogP contribution in [0.25, 0.3) is 0 Å². The quantitative estimate of drug-likeness (QED) is 0.532. The Morgan fingerprint density at radius 1 is 1.29 bits per heavy atom. The van der Waals surface area contributed by atoms with E-state index in [-0.39, 0.29) is 12.0 Å². The molecule has 0 aliphatic carbocycles. The van der Waals surface area contributed by atoms with Gasteiger partial charge in [0.1, 0.15) is 6.10 Å². The monoisotopic (exact) mass is 193 g/mol. The third-order valence-electron chi connectivity index (χ3n) is 2.66. The molecule has 76 valence electrons. The van der Waals surface area contributed by atoms with Gasteiger partial charge in [0.05, 0.1) is 0 Å². The molecule has 2 saturated heterocycles. The van der Waals surface area contributed by atoms with E-state index in [1.807, 2.05) is 4.90 Å². The minimum absolute atomic E-state index is 0.00144. The van der Waals surface area contributed by atoms with Crippen LogP contribution in [-0.2, 0) is 9.53 Å². The molecular formula is C11H15NO2. The summed E-state index contributed by atoms with van der Waals surface area (Å²) in [5.41, 5.74) is 0. The van der Waals surface area contributed by atoms with Crippen molar-refractivity contribution in [2.24, 2.45) is 0 Å². The topological polar surface area (TPSA) is 29.5 Å². The summed E-state index contributed by atoms with van der Waals surface area (Å²) in [5.74, 6) is 5.54. The van der Waals surface area contributed by atoms with E-state index in [9.17, 15) is 4.79 Å². The van der Waals surface area contributed by atoms with Crippen molar-refractivity contribution in [3.05, 3.63) is 0 Å². The molecule has 0 spiro atoms. The van der Waals surface area contributed by atoms with Crippen molar-refractivity contribution in [1.29, 1.82) is 0 Å². The van der Waals surface area contributed by atoms with Crippen molar-refractivity contribution in [2.45, 2.75) is 31.8 Å². The third-order valence-corrected chi connectivity index (χ3v) is 2.66. The van der Waals surface area contributed by atoms with Gasteiger partial charge in [0.25, 0.3) is 5.91 Å². The number of rotatable bonds is 0. The highest BCUT2D eigenvalue weighted by molar-refractivity contribution is 5.93. The highest BCUT2D eigenvalue weighted by Crippen LogP contribution is 2.11.